The van der Waals surface area contributed by atoms with Crippen molar-refractivity contribution in [3.05, 3.63) is 88.0 Å². The summed E-state index contributed by atoms with van der Waals surface area (Å²) in [5.74, 6) is -6.55. The Bertz CT molecular complexity index is 1410. The number of rotatable bonds is 10. The van der Waals surface area contributed by atoms with Crippen molar-refractivity contribution in [2.75, 3.05) is 22.5 Å². The third-order valence-corrected chi connectivity index (χ3v) is 6.56. The number of alkyl halides is 1. The van der Waals surface area contributed by atoms with Crippen LogP contribution in [0.25, 0.3) is 0 Å². The summed E-state index contributed by atoms with van der Waals surface area (Å²) in [6.45, 7) is 0.748. The molecule has 12 heteroatoms. The van der Waals surface area contributed by atoms with Gasteiger partial charge in [0.15, 0.2) is 17.5 Å². The molecule has 0 aliphatic heterocycles. The van der Waals surface area contributed by atoms with Gasteiger partial charge in [-0.25, -0.2) is 26.0 Å². The highest BCUT2D eigenvalue weighted by molar-refractivity contribution is 7.92. The summed E-state index contributed by atoms with van der Waals surface area (Å²) in [4.78, 5) is 12.0. The first-order chi connectivity index (χ1) is 16.9. The molecule has 4 N–H and O–H groups in total. The average Bonchev–Trinajstić information content (AvgIpc) is 2.81. The first-order valence-corrected chi connectivity index (χ1v) is 12.3. The fourth-order valence-corrected chi connectivity index (χ4v) is 4.53. The van der Waals surface area contributed by atoms with Gasteiger partial charge in [0.2, 0.25) is 10.0 Å². The summed E-state index contributed by atoms with van der Waals surface area (Å²) in [6, 6.07) is 8.45. The number of halogens is 5. The SMILES string of the molecule is Cc1ccc(Nc2c(C(N)=O)cc(Cc3cccc(NS(=O)(=O)CCCF)c3F)c(F)c2F)c(F)c1. The van der Waals surface area contributed by atoms with Crippen LogP contribution in [0.3, 0.4) is 0 Å². The first kappa shape index (κ1) is 26.9. The van der Waals surface area contributed by atoms with Crippen LogP contribution in [0.1, 0.15) is 33.5 Å². The van der Waals surface area contributed by atoms with Crippen molar-refractivity contribution in [1.29, 1.82) is 0 Å². The van der Waals surface area contributed by atoms with E-state index >= 15 is 4.39 Å². The van der Waals surface area contributed by atoms with Gasteiger partial charge in [-0.15, -0.1) is 0 Å². The van der Waals surface area contributed by atoms with Crippen LogP contribution in [-0.4, -0.2) is 26.8 Å². The number of primary amides is 1. The molecule has 0 aromatic heterocycles. The molecule has 0 heterocycles. The maximum absolute atomic E-state index is 15.0. The number of hydrogen-bond acceptors (Lipinski definition) is 4. The van der Waals surface area contributed by atoms with Gasteiger partial charge in [-0.3, -0.25) is 13.9 Å². The Morgan fingerprint density at radius 1 is 0.944 bits per heavy atom. The van der Waals surface area contributed by atoms with Gasteiger partial charge in [0.05, 0.1) is 35.1 Å². The minimum atomic E-state index is -4.05. The predicted octanol–water partition coefficient (Wildman–Crippen LogP) is 5.09. The predicted molar refractivity (Wildman–Crippen MR) is 127 cm³/mol. The van der Waals surface area contributed by atoms with Gasteiger partial charge >= 0.3 is 0 Å². The van der Waals surface area contributed by atoms with E-state index in [0.29, 0.717) is 5.56 Å². The topological polar surface area (TPSA) is 101 Å². The number of nitrogens with one attached hydrogen (secondary N) is 2. The highest BCUT2D eigenvalue weighted by Crippen LogP contribution is 2.32. The highest BCUT2D eigenvalue weighted by atomic mass is 32.2. The van der Waals surface area contributed by atoms with Gasteiger partial charge < -0.3 is 11.1 Å². The summed E-state index contributed by atoms with van der Waals surface area (Å²) in [6.07, 6.45) is -0.863. The summed E-state index contributed by atoms with van der Waals surface area (Å²) in [7, 11) is -4.05. The van der Waals surface area contributed by atoms with Crippen LogP contribution in [0.5, 0.6) is 0 Å². The molecule has 0 saturated heterocycles. The maximum atomic E-state index is 15.0. The molecule has 192 valence electrons. The van der Waals surface area contributed by atoms with Crippen molar-refractivity contribution in [2.24, 2.45) is 5.73 Å². The monoisotopic (exact) mass is 527 g/mol. The summed E-state index contributed by atoms with van der Waals surface area (Å²) < 4.78 is 97.5. The fourth-order valence-electron chi connectivity index (χ4n) is 3.44. The molecule has 1 amide bonds. The van der Waals surface area contributed by atoms with Gasteiger partial charge in [-0.2, -0.15) is 0 Å². The van der Waals surface area contributed by atoms with E-state index in [1.807, 2.05) is 4.72 Å². The van der Waals surface area contributed by atoms with Gasteiger partial charge in [0, 0.05) is 6.42 Å². The number of aryl methyl sites for hydroxylation is 1. The largest absolute Gasteiger partial charge is 0.366 e. The number of anilines is 3. The summed E-state index contributed by atoms with van der Waals surface area (Å²) >= 11 is 0. The van der Waals surface area contributed by atoms with Crippen LogP contribution in [0.4, 0.5) is 39.0 Å². The van der Waals surface area contributed by atoms with E-state index in [1.165, 1.54) is 24.3 Å². The smallest absolute Gasteiger partial charge is 0.250 e. The standard InChI is InChI=1S/C24H22F5N3O3S/c1-13-6-7-18(17(26)10-13)31-23-16(24(30)33)12-15(21(28)22(23)29)11-14-4-2-5-19(20(14)27)32-36(34,35)9-3-8-25/h2,4-7,10,12,31-32H,3,8-9,11H2,1H3,(H2,30,33). The number of nitrogens with two attached hydrogens (primary N) is 1. The van der Waals surface area contributed by atoms with Crippen LogP contribution in [0, 0.1) is 30.2 Å². The number of sulfonamides is 1. The van der Waals surface area contributed by atoms with Crippen molar-refractivity contribution in [2.45, 2.75) is 19.8 Å². The molecule has 0 atom stereocenters. The van der Waals surface area contributed by atoms with Gasteiger partial charge in [-0.1, -0.05) is 18.2 Å². The number of carbonyl (C=O) groups excluding carboxylic acids is 1. The lowest BCUT2D eigenvalue weighted by molar-refractivity contribution is 0.100. The number of amides is 1. The molecule has 36 heavy (non-hydrogen) atoms. The van der Waals surface area contributed by atoms with Crippen molar-refractivity contribution >= 4 is 33.0 Å². The van der Waals surface area contributed by atoms with Gasteiger partial charge in [0.25, 0.3) is 5.91 Å². The number of carbonyl (C=O) groups is 1. The molecule has 0 aliphatic rings. The normalized spacial score (nSPS) is 11.4. The number of hydrogen-bond donors (Lipinski definition) is 3. The Kier molecular flexibility index (Phi) is 8.18. The first-order valence-electron chi connectivity index (χ1n) is 10.6. The van der Waals surface area contributed by atoms with E-state index in [0.717, 1.165) is 18.2 Å². The van der Waals surface area contributed by atoms with Gasteiger partial charge in [0.1, 0.15) is 5.82 Å². The minimum absolute atomic E-state index is 0.222. The second kappa shape index (κ2) is 10.9. The molecule has 0 fully saturated rings. The van der Waals surface area contributed by atoms with E-state index < -0.39 is 80.5 Å². The summed E-state index contributed by atoms with van der Waals surface area (Å²) in [5.41, 5.74) is 3.34. The molecular formula is C24H22F5N3O3S. The van der Waals surface area contributed by atoms with E-state index in [2.05, 4.69) is 5.32 Å². The molecule has 3 rings (SSSR count). The fraction of sp³-hybridized carbons (Fsp3) is 0.208. The van der Waals surface area contributed by atoms with Crippen LogP contribution in [0.15, 0.2) is 42.5 Å². The van der Waals surface area contributed by atoms with Crippen LogP contribution in [0.2, 0.25) is 0 Å². The summed E-state index contributed by atoms with van der Waals surface area (Å²) in [5, 5.41) is 2.34. The Balaban J connectivity index is 1.99. The maximum Gasteiger partial charge on any atom is 0.250 e. The minimum Gasteiger partial charge on any atom is -0.366 e. The molecule has 0 bridgehead atoms. The molecule has 0 aliphatic carbocycles. The second-order valence-corrected chi connectivity index (χ2v) is 9.82. The van der Waals surface area contributed by atoms with Crippen molar-refractivity contribution in [3.63, 3.8) is 0 Å². The molecule has 6 nitrogen and oxygen atoms in total. The third kappa shape index (κ3) is 6.11. The lowest BCUT2D eigenvalue weighted by atomic mass is 9.99. The van der Waals surface area contributed by atoms with Crippen molar-refractivity contribution in [3.8, 4) is 0 Å². The van der Waals surface area contributed by atoms with Crippen molar-refractivity contribution in [1.82, 2.24) is 0 Å². The molecule has 3 aromatic carbocycles. The molecule has 0 saturated carbocycles. The molecular weight excluding hydrogens is 505 g/mol. The zero-order valence-corrected chi connectivity index (χ0v) is 19.8. The van der Waals surface area contributed by atoms with Crippen LogP contribution < -0.4 is 15.8 Å². The quantitative estimate of drug-likeness (QED) is 0.320. The Hall–Kier alpha value is -3.67. The van der Waals surface area contributed by atoms with E-state index in [-0.39, 0.29) is 17.7 Å². The van der Waals surface area contributed by atoms with E-state index in [4.69, 9.17) is 5.73 Å². The Labute approximate surface area is 204 Å². The number of benzene rings is 3. The molecule has 0 spiro atoms. The molecule has 3 aromatic rings. The average molecular weight is 528 g/mol. The highest BCUT2D eigenvalue weighted by Gasteiger charge is 2.24. The molecule has 0 unspecified atom stereocenters. The Morgan fingerprint density at radius 3 is 2.31 bits per heavy atom. The molecule has 0 radical (unpaired) electrons. The van der Waals surface area contributed by atoms with E-state index in [1.54, 1.807) is 6.92 Å². The third-order valence-electron chi connectivity index (χ3n) is 5.20. The van der Waals surface area contributed by atoms with Crippen LogP contribution in [-0.2, 0) is 16.4 Å². The lowest BCUT2D eigenvalue weighted by Gasteiger charge is -2.16. The van der Waals surface area contributed by atoms with Gasteiger partial charge in [-0.05, 0) is 54.3 Å². The zero-order valence-electron chi connectivity index (χ0n) is 19.0. The lowest BCUT2D eigenvalue weighted by Crippen LogP contribution is -2.18. The zero-order chi connectivity index (χ0) is 26.6. The second-order valence-electron chi connectivity index (χ2n) is 7.98. The Morgan fingerprint density at radius 2 is 1.67 bits per heavy atom. The van der Waals surface area contributed by atoms with Crippen molar-refractivity contribution < 1.29 is 35.2 Å². The van der Waals surface area contributed by atoms with Crippen LogP contribution >= 0.6 is 0 Å². The van der Waals surface area contributed by atoms with E-state index in [9.17, 15) is 30.8 Å².